The second-order valence-corrected chi connectivity index (χ2v) is 5.06. The number of aromatic nitrogens is 1. The first-order valence-electron chi connectivity index (χ1n) is 4.91. The van der Waals surface area contributed by atoms with Crippen molar-refractivity contribution in [3.05, 3.63) is 16.7 Å². The first-order chi connectivity index (χ1) is 7.48. The molecule has 1 aromatic rings. The van der Waals surface area contributed by atoms with Crippen molar-refractivity contribution in [1.29, 1.82) is 0 Å². The van der Waals surface area contributed by atoms with Gasteiger partial charge in [0.2, 0.25) is 0 Å². The van der Waals surface area contributed by atoms with Gasteiger partial charge in [-0.2, -0.15) is 0 Å². The van der Waals surface area contributed by atoms with Crippen molar-refractivity contribution < 1.29 is 9.53 Å². The van der Waals surface area contributed by atoms with E-state index >= 15 is 0 Å². The number of carbonyl (C=O) groups excluding carboxylic acids is 1. The first kappa shape index (κ1) is 13.0. The van der Waals surface area contributed by atoms with Gasteiger partial charge in [-0.1, -0.05) is 0 Å². The molecule has 0 aromatic carbocycles. The molecule has 0 amide bonds. The number of halogens is 1. The van der Waals surface area contributed by atoms with Gasteiger partial charge in [-0.3, -0.25) is 0 Å². The Balaban J connectivity index is 2.80. The molecular formula is C11H15BrN2O2. The molecule has 88 valence electrons. The highest BCUT2D eigenvalue weighted by Gasteiger charge is 2.18. The fourth-order valence-corrected chi connectivity index (χ4v) is 1.33. The average molecular weight is 287 g/mol. The lowest BCUT2D eigenvalue weighted by Crippen LogP contribution is -2.23. The van der Waals surface area contributed by atoms with Gasteiger partial charge in [0.15, 0.2) is 11.6 Å². The standard InChI is InChI=1S/C11H15BrN2O2/c1-11(2,6-15)7-16-9-4-8(12)5-14-10(9)13-3/h4-6H,7H2,1-3H3,(H,13,14). The molecule has 0 aliphatic rings. The second kappa shape index (κ2) is 5.30. The molecule has 0 aliphatic carbocycles. The minimum atomic E-state index is -0.493. The SMILES string of the molecule is CNc1ncc(Br)cc1OCC(C)(C)C=O. The van der Waals surface area contributed by atoms with Crippen LogP contribution in [0.3, 0.4) is 0 Å². The topological polar surface area (TPSA) is 51.2 Å². The third-order valence-corrected chi connectivity index (χ3v) is 2.41. The Kier molecular flexibility index (Phi) is 4.29. The zero-order valence-corrected chi connectivity index (χ0v) is 11.2. The lowest BCUT2D eigenvalue weighted by atomic mass is 9.98. The molecule has 0 unspecified atom stereocenters. The summed E-state index contributed by atoms with van der Waals surface area (Å²) in [4.78, 5) is 14.9. The summed E-state index contributed by atoms with van der Waals surface area (Å²) >= 11 is 3.32. The largest absolute Gasteiger partial charge is 0.489 e. The van der Waals surface area contributed by atoms with Gasteiger partial charge in [-0.15, -0.1) is 0 Å². The summed E-state index contributed by atoms with van der Waals surface area (Å²) in [5.41, 5.74) is -0.493. The van der Waals surface area contributed by atoms with Gasteiger partial charge in [-0.05, 0) is 35.8 Å². The lowest BCUT2D eigenvalue weighted by Gasteiger charge is -2.18. The molecule has 0 atom stereocenters. The maximum Gasteiger partial charge on any atom is 0.168 e. The Labute approximate surface area is 104 Å². The number of rotatable bonds is 5. The van der Waals surface area contributed by atoms with E-state index in [1.54, 1.807) is 13.2 Å². The van der Waals surface area contributed by atoms with Crippen molar-refractivity contribution >= 4 is 28.0 Å². The molecule has 1 N–H and O–H groups in total. The molecule has 0 spiro atoms. The molecule has 4 nitrogen and oxygen atoms in total. The van der Waals surface area contributed by atoms with Crippen LogP contribution in [0.5, 0.6) is 5.75 Å². The normalized spacial score (nSPS) is 11.0. The molecule has 0 saturated carbocycles. The summed E-state index contributed by atoms with van der Waals surface area (Å²) in [6.45, 7) is 3.97. The van der Waals surface area contributed by atoms with Crippen molar-refractivity contribution in [3.8, 4) is 5.75 Å². The van der Waals surface area contributed by atoms with E-state index < -0.39 is 5.41 Å². The van der Waals surface area contributed by atoms with E-state index in [-0.39, 0.29) is 0 Å². The van der Waals surface area contributed by atoms with Crippen LogP contribution in [-0.4, -0.2) is 24.9 Å². The summed E-state index contributed by atoms with van der Waals surface area (Å²) in [6, 6.07) is 1.82. The highest BCUT2D eigenvalue weighted by Crippen LogP contribution is 2.26. The van der Waals surface area contributed by atoms with Crippen LogP contribution in [0.1, 0.15) is 13.8 Å². The number of pyridine rings is 1. The summed E-state index contributed by atoms with van der Waals surface area (Å²) in [5, 5.41) is 2.93. The molecular weight excluding hydrogens is 272 g/mol. The smallest absolute Gasteiger partial charge is 0.168 e. The number of hydrogen-bond acceptors (Lipinski definition) is 4. The van der Waals surface area contributed by atoms with Crippen molar-refractivity contribution in [2.24, 2.45) is 5.41 Å². The highest BCUT2D eigenvalue weighted by atomic mass is 79.9. The Bertz CT molecular complexity index is 380. The number of carbonyl (C=O) groups is 1. The molecule has 0 bridgehead atoms. The molecule has 0 fully saturated rings. The van der Waals surface area contributed by atoms with Crippen molar-refractivity contribution in [2.75, 3.05) is 19.0 Å². The fourth-order valence-electron chi connectivity index (χ4n) is 1.02. The van der Waals surface area contributed by atoms with E-state index in [0.717, 1.165) is 10.8 Å². The number of nitrogens with one attached hydrogen (secondary N) is 1. The number of hydrogen-bond donors (Lipinski definition) is 1. The van der Waals surface area contributed by atoms with Crippen molar-refractivity contribution in [2.45, 2.75) is 13.8 Å². The molecule has 0 saturated heterocycles. The van der Waals surface area contributed by atoms with E-state index in [0.29, 0.717) is 18.2 Å². The molecule has 5 heteroatoms. The quantitative estimate of drug-likeness (QED) is 0.845. The number of anilines is 1. The van der Waals surface area contributed by atoms with Crippen LogP contribution >= 0.6 is 15.9 Å². The summed E-state index contributed by atoms with van der Waals surface area (Å²) in [6.07, 6.45) is 2.57. The van der Waals surface area contributed by atoms with Gasteiger partial charge in [0.05, 0.1) is 5.41 Å². The van der Waals surface area contributed by atoms with Crippen LogP contribution in [-0.2, 0) is 4.79 Å². The summed E-state index contributed by atoms with van der Waals surface area (Å²) in [7, 11) is 1.77. The van der Waals surface area contributed by atoms with Crippen molar-refractivity contribution in [1.82, 2.24) is 4.98 Å². The van der Waals surface area contributed by atoms with Gasteiger partial charge in [0.1, 0.15) is 12.9 Å². The number of ether oxygens (including phenoxy) is 1. The monoisotopic (exact) mass is 286 g/mol. The molecule has 0 aliphatic heterocycles. The van der Waals surface area contributed by atoms with Gasteiger partial charge in [0, 0.05) is 17.7 Å². The van der Waals surface area contributed by atoms with E-state index in [9.17, 15) is 4.79 Å². The van der Waals surface area contributed by atoms with Crippen molar-refractivity contribution in [3.63, 3.8) is 0 Å². The molecule has 16 heavy (non-hydrogen) atoms. The van der Waals surface area contributed by atoms with Gasteiger partial charge in [-0.25, -0.2) is 4.98 Å². The zero-order chi connectivity index (χ0) is 12.2. The molecule has 0 radical (unpaired) electrons. The predicted molar refractivity (Wildman–Crippen MR) is 66.8 cm³/mol. The number of nitrogens with zero attached hydrogens (tertiary/aromatic N) is 1. The Morgan fingerprint density at radius 3 is 2.88 bits per heavy atom. The van der Waals surface area contributed by atoms with Crippen LogP contribution in [0, 0.1) is 5.41 Å². The molecule has 1 heterocycles. The zero-order valence-electron chi connectivity index (χ0n) is 9.58. The van der Waals surface area contributed by atoms with Gasteiger partial charge in [0.25, 0.3) is 0 Å². The van der Waals surface area contributed by atoms with E-state index in [4.69, 9.17) is 4.74 Å². The van der Waals surface area contributed by atoms with E-state index in [2.05, 4.69) is 26.2 Å². The highest BCUT2D eigenvalue weighted by molar-refractivity contribution is 9.10. The van der Waals surface area contributed by atoms with Gasteiger partial charge >= 0.3 is 0 Å². The fraction of sp³-hybridized carbons (Fsp3) is 0.455. The maximum atomic E-state index is 10.7. The Morgan fingerprint density at radius 1 is 1.62 bits per heavy atom. The minimum Gasteiger partial charge on any atom is -0.489 e. The minimum absolute atomic E-state index is 0.323. The van der Waals surface area contributed by atoms with Gasteiger partial charge < -0.3 is 14.8 Å². The summed E-state index contributed by atoms with van der Waals surface area (Å²) in [5.74, 6) is 1.29. The van der Waals surface area contributed by atoms with Crippen LogP contribution in [0.25, 0.3) is 0 Å². The lowest BCUT2D eigenvalue weighted by molar-refractivity contribution is -0.116. The van der Waals surface area contributed by atoms with E-state index in [1.807, 2.05) is 19.9 Å². The second-order valence-electron chi connectivity index (χ2n) is 4.15. The maximum absolute atomic E-state index is 10.7. The third kappa shape index (κ3) is 3.48. The van der Waals surface area contributed by atoms with Crippen LogP contribution < -0.4 is 10.1 Å². The Hall–Kier alpha value is -1.10. The van der Waals surface area contributed by atoms with Crippen LogP contribution in [0.4, 0.5) is 5.82 Å². The number of aldehydes is 1. The van der Waals surface area contributed by atoms with E-state index in [1.165, 1.54) is 0 Å². The Morgan fingerprint density at radius 2 is 2.31 bits per heavy atom. The molecule has 1 rings (SSSR count). The summed E-state index contributed by atoms with van der Waals surface area (Å²) < 4.78 is 6.42. The van der Waals surface area contributed by atoms with Crippen LogP contribution in [0.2, 0.25) is 0 Å². The predicted octanol–water partition coefficient (Wildman–Crippen LogP) is 2.49. The average Bonchev–Trinajstić information content (AvgIpc) is 2.27. The van der Waals surface area contributed by atoms with Crippen LogP contribution in [0.15, 0.2) is 16.7 Å². The third-order valence-electron chi connectivity index (χ3n) is 1.97. The first-order valence-corrected chi connectivity index (χ1v) is 5.70. The molecule has 1 aromatic heterocycles.